The molecule has 0 aliphatic rings. The molecule has 0 unspecified atom stereocenters. The third kappa shape index (κ3) is 5.12. The van der Waals surface area contributed by atoms with Crippen molar-refractivity contribution < 1.29 is 4.92 Å². The van der Waals surface area contributed by atoms with Crippen LogP contribution in [0.1, 0.15) is 0 Å². The van der Waals surface area contributed by atoms with Crippen LogP contribution in [0, 0.1) is 10.1 Å². The van der Waals surface area contributed by atoms with Crippen LogP contribution < -0.4 is 0 Å². The first-order valence-electron chi connectivity index (χ1n) is 4.00. The number of benzene rings is 1. The maximum atomic E-state index is 10.4. The van der Waals surface area contributed by atoms with Crippen molar-refractivity contribution in [3.63, 3.8) is 0 Å². The minimum atomic E-state index is -0.423. The predicted molar refractivity (Wildman–Crippen MR) is 75.0 cm³/mol. The van der Waals surface area contributed by atoms with E-state index in [9.17, 15) is 10.1 Å². The van der Waals surface area contributed by atoms with Gasteiger partial charge in [-0.05, 0) is 12.3 Å². The Morgan fingerprint density at radius 1 is 1.60 bits per heavy atom. The molecule has 0 radical (unpaired) electrons. The zero-order chi connectivity index (χ0) is 10.4. The van der Waals surface area contributed by atoms with E-state index in [2.05, 4.69) is 4.99 Å². The lowest BCUT2D eigenvalue weighted by Gasteiger charge is -1.93. The van der Waals surface area contributed by atoms with E-state index < -0.39 is 4.92 Å². The minimum absolute atomic E-state index is 0. The molecule has 4 nitrogen and oxygen atoms in total. The first kappa shape index (κ1) is 14.4. The monoisotopic (exact) mass is 338 g/mol. The van der Waals surface area contributed by atoms with Crippen molar-refractivity contribution in [1.82, 2.24) is 0 Å². The van der Waals surface area contributed by atoms with Gasteiger partial charge < -0.3 is 0 Å². The summed E-state index contributed by atoms with van der Waals surface area (Å²) >= 11 is 1.65. The van der Waals surface area contributed by atoms with Gasteiger partial charge >= 0.3 is 0 Å². The van der Waals surface area contributed by atoms with Crippen molar-refractivity contribution in [3.8, 4) is 0 Å². The van der Waals surface area contributed by atoms with E-state index in [-0.39, 0.29) is 29.7 Å². The maximum Gasteiger partial charge on any atom is 0.271 e. The fourth-order valence-corrected chi connectivity index (χ4v) is 1.13. The van der Waals surface area contributed by atoms with E-state index in [1.165, 1.54) is 12.1 Å². The topological polar surface area (TPSA) is 55.5 Å². The second-order valence-electron chi connectivity index (χ2n) is 2.54. The molecule has 0 amide bonds. The van der Waals surface area contributed by atoms with Gasteiger partial charge in [-0.15, -0.1) is 24.0 Å². The summed E-state index contributed by atoms with van der Waals surface area (Å²) in [5.74, 6) is 0.808. The molecular formula is C9H11IN2O2S. The number of aliphatic imine (C=N–C) groups is 1. The molecule has 0 atom stereocenters. The quantitative estimate of drug-likeness (QED) is 0.366. The summed E-state index contributed by atoms with van der Waals surface area (Å²) < 4.78 is 0. The van der Waals surface area contributed by atoms with Crippen molar-refractivity contribution in [2.75, 3.05) is 12.0 Å². The highest BCUT2D eigenvalue weighted by atomic mass is 127. The molecule has 0 saturated carbocycles. The average molecular weight is 338 g/mol. The molecule has 0 bridgehead atoms. The summed E-state index contributed by atoms with van der Waals surface area (Å²) in [6, 6.07) is 6.28. The predicted octanol–water partition coefficient (Wildman–Crippen LogP) is 3.28. The first-order chi connectivity index (χ1) is 6.74. The molecule has 1 aromatic carbocycles. The van der Waals surface area contributed by atoms with E-state index >= 15 is 0 Å². The fourth-order valence-electron chi connectivity index (χ4n) is 0.904. The van der Waals surface area contributed by atoms with Crippen LogP contribution in [0.3, 0.4) is 0 Å². The Kier molecular flexibility index (Phi) is 7.31. The molecule has 82 valence electrons. The van der Waals surface area contributed by atoms with Crippen molar-refractivity contribution in [3.05, 3.63) is 34.4 Å². The standard InChI is InChI=1S/C9H10N2O2S.HI/c1-14-6-5-10-8-3-2-4-9(7-8)11(12)13;/h2-5,7H,6H2,1H3;1H. The summed E-state index contributed by atoms with van der Waals surface area (Å²) in [7, 11) is 0. The van der Waals surface area contributed by atoms with Gasteiger partial charge in [-0.25, -0.2) is 0 Å². The summed E-state index contributed by atoms with van der Waals surface area (Å²) in [5, 5.41) is 10.4. The third-order valence-corrected chi connectivity index (χ3v) is 2.00. The van der Waals surface area contributed by atoms with Crippen LogP contribution in [0.25, 0.3) is 0 Å². The number of thioether (sulfide) groups is 1. The molecule has 0 aliphatic heterocycles. The highest BCUT2D eigenvalue weighted by Crippen LogP contribution is 2.19. The summed E-state index contributed by atoms with van der Waals surface area (Å²) in [6.45, 7) is 0. The number of non-ortho nitro benzene ring substituents is 1. The third-order valence-electron chi connectivity index (χ3n) is 1.52. The van der Waals surface area contributed by atoms with Gasteiger partial charge in [0.1, 0.15) is 0 Å². The SMILES string of the molecule is CSCC=Nc1cccc([N+](=O)[O-])c1.I. The van der Waals surface area contributed by atoms with Gasteiger partial charge in [0.2, 0.25) is 0 Å². The number of hydrogen-bond donors (Lipinski definition) is 0. The second kappa shape index (κ2) is 7.63. The van der Waals surface area contributed by atoms with Crippen LogP contribution in [0.4, 0.5) is 11.4 Å². The summed E-state index contributed by atoms with van der Waals surface area (Å²) in [6.07, 6.45) is 3.71. The smallest absolute Gasteiger partial charge is 0.260 e. The fraction of sp³-hybridized carbons (Fsp3) is 0.222. The molecular weight excluding hydrogens is 327 g/mol. The molecule has 0 aromatic heterocycles. The highest BCUT2D eigenvalue weighted by Gasteiger charge is 2.03. The van der Waals surface area contributed by atoms with Crippen LogP contribution in [0.15, 0.2) is 29.3 Å². The Morgan fingerprint density at radius 2 is 2.33 bits per heavy atom. The molecule has 0 heterocycles. The number of nitrogens with zero attached hydrogens (tertiary/aromatic N) is 2. The summed E-state index contributed by atoms with van der Waals surface area (Å²) in [5.41, 5.74) is 0.692. The lowest BCUT2D eigenvalue weighted by atomic mass is 10.3. The largest absolute Gasteiger partial charge is 0.271 e. The van der Waals surface area contributed by atoms with Crippen molar-refractivity contribution in [2.24, 2.45) is 4.99 Å². The zero-order valence-corrected chi connectivity index (χ0v) is 11.3. The minimum Gasteiger partial charge on any atom is -0.260 e. The lowest BCUT2D eigenvalue weighted by Crippen LogP contribution is -1.86. The van der Waals surface area contributed by atoms with Gasteiger partial charge in [0, 0.05) is 24.1 Å². The van der Waals surface area contributed by atoms with Crippen molar-refractivity contribution in [2.45, 2.75) is 0 Å². The van der Waals surface area contributed by atoms with Gasteiger partial charge in [-0.2, -0.15) is 11.8 Å². The Bertz CT molecular complexity index is 358. The molecule has 6 heteroatoms. The van der Waals surface area contributed by atoms with E-state index in [1.54, 1.807) is 30.1 Å². The molecule has 0 N–H and O–H groups in total. The number of halogens is 1. The number of nitro groups is 1. The van der Waals surface area contributed by atoms with Crippen molar-refractivity contribution >= 4 is 53.3 Å². The number of hydrogen-bond acceptors (Lipinski definition) is 4. The molecule has 0 saturated heterocycles. The Balaban J connectivity index is 0.00000196. The van der Waals surface area contributed by atoms with Gasteiger partial charge in [0.25, 0.3) is 5.69 Å². The Hall–Kier alpha value is -0.630. The molecule has 0 aliphatic carbocycles. The number of nitro benzene ring substituents is 1. The van der Waals surface area contributed by atoms with E-state index in [0.717, 1.165) is 5.75 Å². The van der Waals surface area contributed by atoms with Gasteiger partial charge in [-0.3, -0.25) is 15.1 Å². The van der Waals surface area contributed by atoms with Gasteiger partial charge in [0.15, 0.2) is 0 Å². The van der Waals surface area contributed by atoms with Gasteiger partial charge in [0.05, 0.1) is 10.6 Å². The van der Waals surface area contributed by atoms with Gasteiger partial charge in [-0.1, -0.05) is 6.07 Å². The zero-order valence-electron chi connectivity index (χ0n) is 8.12. The van der Waals surface area contributed by atoms with E-state index in [0.29, 0.717) is 5.69 Å². The van der Waals surface area contributed by atoms with Crippen LogP contribution in [-0.4, -0.2) is 23.1 Å². The second-order valence-corrected chi connectivity index (χ2v) is 3.45. The highest BCUT2D eigenvalue weighted by molar-refractivity contribution is 14.0. The maximum absolute atomic E-state index is 10.4. The normalized spacial score (nSPS) is 9.93. The molecule has 15 heavy (non-hydrogen) atoms. The van der Waals surface area contributed by atoms with Crippen molar-refractivity contribution in [1.29, 1.82) is 0 Å². The van der Waals surface area contributed by atoms with E-state index in [4.69, 9.17) is 0 Å². The molecule has 0 fully saturated rings. The van der Waals surface area contributed by atoms with E-state index in [1.807, 2.05) is 6.26 Å². The average Bonchev–Trinajstić information content (AvgIpc) is 2.19. The molecule has 1 aromatic rings. The van der Waals surface area contributed by atoms with Crippen LogP contribution in [-0.2, 0) is 0 Å². The first-order valence-corrected chi connectivity index (χ1v) is 5.39. The molecule has 1 rings (SSSR count). The van der Waals surface area contributed by atoms with Crippen LogP contribution >= 0.6 is 35.7 Å². The van der Waals surface area contributed by atoms with Crippen LogP contribution in [0.5, 0.6) is 0 Å². The van der Waals surface area contributed by atoms with Crippen LogP contribution in [0.2, 0.25) is 0 Å². The molecule has 0 spiro atoms. The Morgan fingerprint density at radius 3 is 2.93 bits per heavy atom. The lowest BCUT2D eigenvalue weighted by molar-refractivity contribution is -0.384. The Labute approximate surface area is 109 Å². The number of rotatable bonds is 4. The summed E-state index contributed by atoms with van der Waals surface area (Å²) in [4.78, 5) is 14.1.